The lowest BCUT2D eigenvalue weighted by Crippen LogP contribution is -2.33. The van der Waals surface area contributed by atoms with Crippen LogP contribution in [-0.4, -0.2) is 34.8 Å². The van der Waals surface area contributed by atoms with E-state index in [2.05, 4.69) is 11.9 Å². The van der Waals surface area contributed by atoms with Crippen molar-refractivity contribution in [1.29, 1.82) is 0 Å². The van der Waals surface area contributed by atoms with Crippen molar-refractivity contribution in [3.8, 4) is 0 Å². The summed E-state index contributed by atoms with van der Waals surface area (Å²) < 4.78 is 0. The number of aromatic nitrogens is 1. The third kappa shape index (κ3) is 3.28. The number of halogens is 1. The van der Waals surface area contributed by atoms with Gasteiger partial charge in [0.25, 0.3) is 5.91 Å². The van der Waals surface area contributed by atoms with Gasteiger partial charge in [0.05, 0.1) is 11.1 Å². The number of rotatable bonds is 6. The standard InChI is InChI=1S/C16H19ClN2O/c1-2-3-11-19(12-9-17)16(20)14-8-4-6-13-7-5-10-18-15(13)14/h4-8,10H,2-3,9,11-12H2,1H3. The molecule has 0 unspecified atom stereocenters. The molecule has 1 amide bonds. The number of unbranched alkanes of at least 4 members (excludes halogenated alkanes) is 1. The van der Waals surface area contributed by atoms with Crippen molar-refractivity contribution in [3.63, 3.8) is 0 Å². The number of carbonyl (C=O) groups is 1. The fourth-order valence-corrected chi connectivity index (χ4v) is 2.42. The lowest BCUT2D eigenvalue weighted by molar-refractivity contribution is 0.0765. The van der Waals surface area contributed by atoms with E-state index in [1.807, 2.05) is 35.2 Å². The summed E-state index contributed by atoms with van der Waals surface area (Å²) in [5, 5.41) is 0.986. The smallest absolute Gasteiger partial charge is 0.256 e. The van der Waals surface area contributed by atoms with Gasteiger partial charge in [0.1, 0.15) is 0 Å². The monoisotopic (exact) mass is 290 g/mol. The number of pyridine rings is 1. The molecular weight excluding hydrogens is 272 g/mol. The molecule has 0 spiro atoms. The second-order valence-electron chi connectivity index (χ2n) is 4.72. The Balaban J connectivity index is 2.33. The first kappa shape index (κ1) is 14.8. The molecular formula is C16H19ClN2O. The largest absolute Gasteiger partial charge is 0.337 e. The summed E-state index contributed by atoms with van der Waals surface area (Å²) in [6.07, 6.45) is 3.76. The van der Waals surface area contributed by atoms with Gasteiger partial charge in [0, 0.05) is 30.6 Å². The second-order valence-corrected chi connectivity index (χ2v) is 5.09. The topological polar surface area (TPSA) is 33.2 Å². The molecule has 0 bridgehead atoms. The predicted octanol–water partition coefficient (Wildman–Crippen LogP) is 3.72. The highest BCUT2D eigenvalue weighted by Gasteiger charge is 2.17. The molecule has 0 N–H and O–H groups in total. The Morgan fingerprint density at radius 1 is 1.25 bits per heavy atom. The summed E-state index contributed by atoms with van der Waals surface area (Å²) in [6.45, 7) is 3.43. The van der Waals surface area contributed by atoms with Crippen LogP contribution in [0.4, 0.5) is 0 Å². The average Bonchev–Trinajstić information content (AvgIpc) is 2.50. The minimum Gasteiger partial charge on any atom is -0.337 e. The van der Waals surface area contributed by atoms with E-state index >= 15 is 0 Å². The fourth-order valence-electron chi connectivity index (χ4n) is 2.21. The van der Waals surface area contributed by atoms with Crippen LogP contribution < -0.4 is 0 Å². The zero-order valence-electron chi connectivity index (χ0n) is 11.7. The van der Waals surface area contributed by atoms with Gasteiger partial charge < -0.3 is 4.90 Å². The molecule has 1 aromatic heterocycles. The van der Waals surface area contributed by atoms with Crippen LogP contribution in [0, 0.1) is 0 Å². The van der Waals surface area contributed by atoms with Gasteiger partial charge in [-0.25, -0.2) is 0 Å². The van der Waals surface area contributed by atoms with E-state index in [1.54, 1.807) is 6.20 Å². The van der Waals surface area contributed by atoms with Crippen molar-refractivity contribution in [2.24, 2.45) is 0 Å². The molecule has 1 aromatic carbocycles. The maximum absolute atomic E-state index is 12.7. The quantitative estimate of drug-likeness (QED) is 0.760. The Morgan fingerprint density at radius 2 is 2.05 bits per heavy atom. The molecule has 3 nitrogen and oxygen atoms in total. The second kappa shape index (κ2) is 7.25. The molecule has 0 fully saturated rings. The summed E-state index contributed by atoms with van der Waals surface area (Å²) >= 11 is 5.82. The van der Waals surface area contributed by atoms with Crippen molar-refractivity contribution in [2.45, 2.75) is 19.8 Å². The minimum atomic E-state index is 0.0170. The molecule has 0 saturated carbocycles. The maximum Gasteiger partial charge on any atom is 0.256 e. The van der Waals surface area contributed by atoms with Crippen LogP contribution >= 0.6 is 11.6 Å². The molecule has 0 aliphatic heterocycles. The molecule has 4 heteroatoms. The predicted molar refractivity (Wildman–Crippen MR) is 83.3 cm³/mol. The Morgan fingerprint density at radius 3 is 2.80 bits per heavy atom. The van der Waals surface area contributed by atoms with Crippen LogP contribution in [-0.2, 0) is 0 Å². The lowest BCUT2D eigenvalue weighted by atomic mass is 10.1. The van der Waals surface area contributed by atoms with Crippen molar-refractivity contribution in [1.82, 2.24) is 9.88 Å². The molecule has 2 rings (SSSR count). The number of amides is 1. The highest BCUT2D eigenvalue weighted by atomic mass is 35.5. The van der Waals surface area contributed by atoms with E-state index in [0.717, 1.165) is 30.3 Å². The maximum atomic E-state index is 12.7. The molecule has 0 aliphatic carbocycles. The van der Waals surface area contributed by atoms with Crippen molar-refractivity contribution < 1.29 is 4.79 Å². The van der Waals surface area contributed by atoms with Gasteiger partial charge in [-0.05, 0) is 18.6 Å². The summed E-state index contributed by atoms with van der Waals surface area (Å²) in [5.41, 5.74) is 1.42. The normalized spacial score (nSPS) is 10.7. The third-order valence-electron chi connectivity index (χ3n) is 3.29. The van der Waals surface area contributed by atoms with E-state index in [-0.39, 0.29) is 5.91 Å². The summed E-state index contributed by atoms with van der Waals surface area (Å²) in [7, 11) is 0. The number of para-hydroxylation sites is 1. The van der Waals surface area contributed by atoms with Gasteiger partial charge in [-0.2, -0.15) is 0 Å². The Kier molecular flexibility index (Phi) is 5.36. The number of carbonyl (C=O) groups excluding carboxylic acids is 1. The van der Waals surface area contributed by atoms with Crippen molar-refractivity contribution in [3.05, 3.63) is 42.1 Å². The van der Waals surface area contributed by atoms with Crippen LogP contribution in [0.3, 0.4) is 0 Å². The van der Waals surface area contributed by atoms with Gasteiger partial charge in [0.2, 0.25) is 0 Å². The highest BCUT2D eigenvalue weighted by molar-refractivity contribution is 6.18. The van der Waals surface area contributed by atoms with Gasteiger partial charge in [-0.3, -0.25) is 9.78 Å². The summed E-state index contributed by atoms with van der Waals surface area (Å²) in [6, 6.07) is 9.55. The zero-order chi connectivity index (χ0) is 14.4. The van der Waals surface area contributed by atoms with E-state index < -0.39 is 0 Å². The molecule has 0 atom stereocenters. The first-order valence-corrected chi connectivity index (χ1v) is 7.50. The molecule has 0 aliphatic rings. The summed E-state index contributed by atoms with van der Waals surface area (Å²) in [4.78, 5) is 18.8. The van der Waals surface area contributed by atoms with Crippen molar-refractivity contribution >= 4 is 28.4 Å². The van der Waals surface area contributed by atoms with E-state index in [0.29, 0.717) is 18.0 Å². The number of hydrogen-bond donors (Lipinski definition) is 0. The van der Waals surface area contributed by atoms with E-state index in [1.165, 1.54) is 0 Å². The Bertz CT molecular complexity index is 580. The summed E-state index contributed by atoms with van der Waals surface area (Å²) in [5.74, 6) is 0.469. The number of fused-ring (bicyclic) bond motifs is 1. The molecule has 2 aromatic rings. The van der Waals surface area contributed by atoms with E-state index in [4.69, 9.17) is 11.6 Å². The first-order chi connectivity index (χ1) is 9.77. The number of nitrogens with zero attached hydrogens (tertiary/aromatic N) is 2. The molecule has 20 heavy (non-hydrogen) atoms. The molecule has 0 saturated heterocycles. The number of hydrogen-bond acceptors (Lipinski definition) is 2. The van der Waals surface area contributed by atoms with Crippen LogP contribution in [0.5, 0.6) is 0 Å². The van der Waals surface area contributed by atoms with Crippen LogP contribution in [0.2, 0.25) is 0 Å². The first-order valence-electron chi connectivity index (χ1n) is 6.97. The van der Waals surface area contributed by atoms with Gasteiger partial charge in [-0.15, -0.1) is 11.6 Å². The van der Waals surface area contributed by atoms with Crippen LogP contribution in [0.1, 0.15) is 30.1 Å². The Hall–Kier alpha value is -1.61. The zero-order valence-corrected chi connectivity index (χ0v) is 12.4. The molecule has 1 heterocycles. The van der Waals surface area contributed by atoms with Gasteiger partial charge in [0.15, 0.2) is 0 Å². The minimum absolute atomic E-state index is 0.0170. The third-order valence-corrected chi connectivity index (χ3v) is 3.46. The van der Waals surface area contributed by atoms with Gasteiger partial charge in [-0.1, -0.05) is 31.5 Å². The fraction of sp³-hybridized carbons (Fsp3) is 0.375. The SMILES string of the molecule is CCCCN(CCCl)C(=O)c1cccc2cccnc12. The van der Waals surface area contributed by atoms with Crippen LogP contribution in [0.25, 0.3) is 10.9 Å². The highest BCUT2D eigenvalue weighted by Crippen LogP contribution is 2.18. The number of benzene rings is 1. The van der Waals surface area contributed by atoms with Crippen molar-refractivity contribution in [2.75, 3.05) is 19.0 Å². The van der Waals surface area contributed by atoms with E-state index in [9.17, 15) is 4.79 Å². The van der Waals surface area contributed by atoms with Gasteiger partial charge >= 0.3 is 0 Å². The number of alkyl halides is 1. The Labute approximate surface area is 124 Å². The molecule has 0 radical (unpaired) electrons. The lowest BCUT2D eigenvalue weighted by Gasteiger charge is -2.22. The van der Waals surface area contributed by atoms with Crippen LogP contribution in [0.15, 0.2) is 36.5 Å². The molecule has 106 valence electrons. The average molecular weight is 291 g/mol.